The molecule has 2 rings (SSSR count). The van der Waals surface area contributed by atoms with Gasteiger partial charge in [0.2, 0.25) is 0 Å². The topological polar surface area (TPSA) is 52.1 Å². The number of guanidine groups is 1. The van der Waals surface area contributed by atoms with Crippen molar-refractivity contribution in [2.45, 2.75) is 45.6 Å². The zero-order chi connectivity index (χ0) is 18.1. The van der Waals surface area contributed by atoms with Gasteiger partial charge in [0.1, 0.15) is 0 Å². The molecule has 0 amide bonds. The molecular formula is C19H39N5O. The molecule has 0 saturated carbocycles. The summed E-state index contributed by atoms with van der Waals surface area (Å²) >= 11 is 0. The fraction of sp³-hybridized carbons (Fsp3) is 0.947. The van der Waals surface area contributed by atoms with Gasteiger partial charge in [-0.2, -0.15) is 0 Å². The number of ether oxygens (including phenoxy) is 1. The molecule has 0 aromatic carbocycles. The average Bonchev–Trinajstić information content (AvgIpc) is 2.62. The molecule has 0 bridgehead atoms. The van der Waals surface area contributed by atoms with Gasteiger partial charge in [0.25, 0.3) is 0 Å². The van der Waals surface area contributed by atoms with E-state index in [1.165, 1.54) is 38.9 Å². The molecule has 0 spiro atoms. The Balaban J connectivity index is 1.63. The summed E-state index contributed by atoms with van der Waals surface area (Å²) in [5.41, 5.74) is 0.103. The van der Waals surface area contributed by atoms with Crippen molar-refractivity contribution in [2.75, 3.05) is 66.1 Å². The van der Waals surface area contributed by atoms with Crippen LogP contribution in [0.4, 0.5) is 0 Å². The van der Waals surface area contributed by atoms with Gasteiger partial charge >= 0.3 is 0 Å². The van der Waals surface area contributed by atoms with Crippen LogP contribution in [0.5, 0.6) is 0 Å². The van der Waals surface area contributed by atoms with E-state index in [0.717, 1.165) is 51.3 Å². The number of likely N-dealkylation sites (tertiary alicyclic amines) is 1. The molecule has 2 saturated heterocycles. The van der Waals surface area contributed by atoms with Crippen LogP contribution in [0.2, 0.25) is 0 Å². The second-order valence-corrected chi connectivity index (χ2v) is 8.17. The monoisotopic (exact) mass is 353 g/mol. The molecule has 1 atom stereocenters. The second-order valence-electron chi connectivity index (χ2n) is 8.17. The third-order valence-electron chi connectivity index (χ3n) is 5.46. The molecule has 0 aromatic rings. The number of nitrogens with zero attached hydrogens (tertiary/aromatic N) is 3. The second kappa shape index (κ2) is 10.3. The van der Waals surface area contributed by atoms with Crippen LogP contribution in [0.15, 0.2) is 4.99 Å². The summed E-state index contributed by atoms with van der Waals surface area (Å²) in [5.74, 6) is 1.77. The van der Waals surface area contributed by atoms with Gasteiger partial charge < -0.3 is 20.3 Å². The van der Waals surface area contributed by atoms with Gasteiger partial charge in [0, 0.05) is 45.3 Å². The smallest absolute Gasteiger partial charge is 0.191 e. The van der Waals surface area contributed by atoms with E-state index in [1.807, 2.05) is 7.05 Å². The fourth-order valence-electron chi connectivity index (χ4n) is 3.80. The van der Waals surface area contributed by atoms with Crippen molar-refractivity contribution < 1.29 is 4.74 Å². The Morgan fingerprint density at radius 1 is 1.20 bits per heavy atom. The average molecular weight is 354 g/mol. The fourth-order valence-corrected chi connectivity index (χ4v) is 3.80. The van der Waals surface area contributed by atoms with Gasteiger partial charge in [-0.05, 0) is 52.1 Å². The highest BCUT2D eigenvalue weighted by atomic mass is 16.5. The Kier molecular flexibility index (Phi) is 8.46. The Hall–Kier alpha value is -0.850. The quantitative estimate of drug-likeness (QED) is 0.411. The zero-order valence-electron chi connectivity index (χ0n) is 16.8. The highest BCUT2D eigenvalue weighted by Crippen LogP contribution is 2.16. The molecule has 25 heavy (non-hydrogen) atoms. The van der Waals surface area contributed by atoms with E-state index >= 15 is 0 Å². The van der Waals surface area contributed by atoms with Crippen molar-refractivity contribution in [3.63, 3.8) is 0 Å². The summed E-state index contributed by atoms with van der Waals surface area (Å²) in [6.07, 6.45) is 3.92. The SMILES string of the molecule is CN=C(NCCCN1CCCC(C)C1)NCC(C)(C)N1CCOCC1. The number of hydrogen-bond donors (Lipinski definition) is 2. The lowest BCUT2D eigenvalue weighted by molar-refractivity contribution is -0.00834. The molecule has 2 N–H and O–H groups in total. The van der Waals surface area contributed by atoms with Crippen molar-refractivity contribution >= 4 is 5.96 Å². The predicted molar refractivity (Wildman–Crippen MR) is 105 cm³/mol. The van der Waals surface area contributed by atoms with Crippen molar-refractivity contribution in [1.29, 1.82) is 0 Å². The Labute approximate surface area is 154 Å². The summed E-state index contributed by atoms with van der Waals surface area (Å²) in [6.45, 7) is 16.2. The largest absolute Gasteiger partial charge is 0.379 e. The minimum atomic E-state index is 0.103. The number of nitrogens with one attached hydrogen (secondary N) is 2. The van der Waals surface area contributed by atoms with Crippen LogP contribution in [0.25, 0.3) is 0 Å². The van der Waals surface area contributed by atoms with E-state index < -0.39 is 0 Å². The highest BCUT2D eigenvalue weighted by Gasteiger charge is 2.28. The van der Waals surface area contributed by atoms with Gasteiger partial charge in [-0.3, -0.25) is 9.89 Å². The summed E-state index contributed by atoms with van der Waals surface area (Å²) < 4.78 is 5.46. The third-order valence-corrected chi connectivity index (χ3v) is 5.46. The minimum absolute atomic E-state index is 0.103. The maximum absolute atomic E-state index is 5.46. The van der Waals surface area contributed by atoms with E-state index in [4.69, 9.17) is 4.74 Å². The zero-order valence-corrected chi connectivity index (χ0v) is 16.8. The molecule has 2 aliphatic heterocycles. The Morgan fingerprint density at radius 2 is 1.96 bits per heavy atom. The van der Waals surface area contributed by atoms with E-state index in [9.17, 15) is 0 Å². The summed E-state index contributed by atoms with van der Waals surface area (Å²) in [5, 5.41) is 6.96. The molecule has 0 radical (unpaired) electrons. The first-order valence-electron chi connectivity index (χ1n) is 10.0. The first kappa shape index (κ1) is 20.5. The number of rotatable bonds is 7. The molecule has 0 aliphatic carbocycles. The number of piperidine rings is 1. The molecular weight excluding hydrogens is 314 g/mol. The van der Waals surface area contributed by atoms with Crippen molar-refractivity contribution in [1.82, 2.24) is 20.4 Å². The Bertz CT molecular complexity index is 407. The standard InChI is InChI=1S/C19H39N5O/c1-17-7-5-9-23(15-17)10-6-8-21-18(20-4)22-16-19(2,3)24-11-13-25-14-12-24/h17H,5-16H2,1-4H3,(H2,20,21,22). The van der Waals surface area contributed by atoms with Crippen LogP contribution in [-0.4, -0.2) is 87.4 Å². The Morgan fingerprint density at radius 3 is 2.64 bits per heavy atom. The molecule has 2 aliphatic rings. The maximum Gasteiger partial charge on any atom is 0.191 e. The minimum Gasteiger partial charge on any atom is -0.379 e. The van der Waals surface area contributed by atoms with Crippen LogP contribution in [0.3, 0.4) is 0 Å². The number of hydrogen-bond acceptors (Lipinski definition) is 4. The lowest BCUT2D eigenvalue weighted by Gasteiger charge is -2.41. The van der Waals surface area contributed by atoms with Crippen LogP contribution in [0.1, 0.15) is 40.0 Å². The molecule has 0 aromatic heterocycles. The van der Waals surface area contributed by atoms with Crippen LogP contribution in [-0.2, 0) is 4.74 Å². The first-order valence-corrected chi connectivity index (χ1v) is 10.0. The van der Waals surface area contributed by atoms with Crippen LogP contribution >= 0.6 is 0 Å². The molecule has 6 nitrogen and oxygen atoms in total. The van der Waals surface area contributed by atoms with E-state index in [0.29, 0.717) is 0 Å². The summed E-state index contributed by atoms with van der Waals surface area (Å²) in [7, 11) is 1.85. The summed E-state index contributed by atoms with van der Waals surface area (Å²) in [4.78, 5) is 9.47. The molecule has 2 fully saturated rings. The summed E-state index contributed by atoms with van der Waals surface area (Å²) in [6, 6.07) is 0. The van der Waals surface area contributed by atoms with Crippen LogP contribution < -0.4 is 10.6 Å². The van der Waals surface area contributed by atoms with Crippen molar-refractivity contribution in [2.24, 2.45) is 10.9 Å². The molecule has 1 unspecified atom stereocenters. The van der Waals surface area contributed by atoms with E-state index in [1.54, 1.807) is 0 Å². The number of morpholine rings is 1. The van der Waals surface area contributed by atoms with Crippen molar-refractivity contribution in [3.05, 3.63) is 0 Å². The highest BCUT2D eigenvalue weighted by molar-refractivity contribution is 5.79. The first-order chi connectivity index (χ1) is 12.0. The normalized spacial score (nSPS) is 24.3. The van der Waals surface area contributed by atoms with Gasteiger partial charge in [0.05, 0.1) is 13.2 Å². The van der Waals surface area contributed by atoms with Gasteiger partial charge in [-0.1, -0.05) is 6.92 Å². The van der Waals surface area contributed by atoms with Gasteiger partial charge in [-0.25, -0.2) is 0 Å². The maximum atomic E-state index is 5.46. The van der Waals surface area contributed by atoms with Gasteiger partial charge in [0.15, 0.2) is 5.96 Å². The van der Waals surface area contributed by atoms with Crippen LogP contribution in [0, 0.1) is 5.92 Å². The molecule has 6 heteroatoms. The molecule has 146 valence electrons. The lowest BCUT2D eigenvalue weighted by atomic mass is 10.0. The van der Waals surface area contributed by atoms with Gasteiger partial charge in [-0.15, -0.1) is 0 Å². The van der Waals surface area contributed by atoms with Crippen molar-refractivity contribution in [3.8, 4) is 0 Å². The third kappa shape index (κ3) is 7.12. The number of aliphatic imine (C=N–C) groups is 1. The lowest BCUT2D eigenvalue weighted by Crippen LogP contribution is -2.56. The molecule has 2 heterocycles. The van der Waals surface area contributed by atoms with E-state index in [-0.39, 0.29) is 5.54 Å². The van der Waals surface area contributed by atoms with E-state index in [2.05, 4.69) is 46.2 Å². The predicted octanol–water partition coefficient (Wildman–Crippen LogP) is 1.38.